The molecule has 104 valence electrons. The van der Waals surface area contributed by atoms with Crippen molar-refractivity contribution in [1.82, 2.24) is 0 Å². The first-order chi connectivity index (χ1) is 8.41. The third-order valence-electron chi connectivity index (χ3n) is 3.43. The summed E-state index contributed by atoms with van der Waals surface area (Å²) in [6.07, 6.45) is 3.80. The average Bonchev–Trinajstić information content (AvgIpc) is 2.67. The summed E-state index contributed by atoms with van der Waals surface area (Å²) in [5, 5.41) is 16.9. The zero-order chi connectivity index (χ0) is 13.8. The van der Waals surface area contributed by atoms with Gasteiger partial charge in [0, 0.05) is 5.41 Å². The van der Waals surface area contributed by atoms with E-state index in [1.807, 2.05) is 0 Å². The smallest absolute Gasteiger partial charge is 0.317 e. The van der Waals surface area contributed by atoms with Crippen LogP contribution in [0.2, 0.25) is 0 Å². The topological polar surface area (TPSA) is 83.8 Å². The van der Waals surface area contributed by atoms with Crippen LogP contribution in [0, 0.1) is 17.3 Å². The number of hydrogen-bond donors (Lipinski definition) is 2. The van der Waals surface area contributed by atoms with Gasteiger partial charge < -0.3 is 14.9 Å². The monoisotopic (exact) mass is 258 g/mol. The average molecular weight is 258 g/mol. The van der Waals surface area contributed by atoms with Crippen LogP contribution in [0.25, 0.3) is 0 Å². The summed E-state index contributed by atoms with van der Waals surface area (Å²) >= 11 is 0. The fourth-order valence-electron chi connectivity index (χ4n) is 2.00. The number of esters is 2. The number of rotatable bonds is 2. The summed E-state index contributed by atoms with van der Waals surface area (Å²) in [4.78, 5) is 22.0. The van der Waals surface area contributed by atoms with Crippen LogP contribution < -0.4 is 0 Å². The molecule has 1 saturated carbocycles. The summed E-state index contributed by atoms with van der Waals surface area (Å²) in [7, 11) is 0. The molecule has 2 N–H and O–H groups in total. The van der Waals surface area contributed by atoms with Gasteiger partial charge in [-0.25, -0.2) is 0 Å². The second-order valence-corrected chi connectivity index (χ2v) is 5.72. The molecule has 2 aliphatic rings. The molecule has 2 rings (SSSR count). The minimum atomic E-state index is -0.306. The predicted octanol–water partition coefficient (Wildman–Crippen LogP) is 0.873. The van der Waals surface area contributed by atoms with Gasteiger partial charge in [0.2, 0.25) is 0 Å². The summed E-state index contributed by atoms with van der Waals surface area (Å²) in [6.45, 7) is 3.69. The van der Waals surface area contributed by atoms with E-state index in [0.717, 1.165) is 25.7 Å². The van der Waals surface area contributed by atoms with E-state index in [1.165, 1.54) is 0 Å². The highest BCUT2D eigenvalue weighted by molar-refractivity contribution is 5.96. The molecule has 0 aromatic rings. The van der Waals surface area contributed by atoms with Gasteiger partial charge in [0.25, 0.3) is 0 Å². The minimum absolute atomic E-state index is 0.0451. The number of ether oxygens (including phenoxy) is 1. The Balaban J connectivity index is 0.000000203. The maximum atomic E-state index is 11.0. The highest BCUT2D eigenvalue weighted by Crippen LogP contribution is 2.36. The van der Waals surface area contributed by atoms with E-state index >= 15 is 0 Å². The Bertz CT molecular complexity index is 283. The van der Waals surface area contributed by atoms with Crippen LogP contribution in [-0.4, -0.2) is 35.4 Å². The molecular weight excluding hydrogens is 236 g/mol. The Kier molecular flexibility index (Phi) is 5.28. The predicted molar refractivity (Wildman–Crippen MR) is 64.5 cm³/mol. The van der Waals surface area contributed by atoms with Crippen LogP contribution in [0.15, 0.2) is 0 Å². The molecule has 5 nitrogen and oxygen atoms in total. The summed E-state index contributed by atoms with van der Waals surface area (Å²) in [5.74, 6) is -0.785. The first-order valence-electron chi connectivity index (χ1n) is 6.38. The fraction of sp³-hybridized carbons (Fsp3) is 0.846. The Labute approximate surface area is 107 Å². The molecule has 1 aliphatic heterocycles. The molecule has 1 aliphatic carbocycles. The maximum absolute atomic E-state index is 11.0. The number of cyclic esters (lactones) is 2. The van der Waals surface area contributed by atoms with Gasteiger partial charge in [0.05, 0.1) is 25.0 Å². The third kappa shape index (κ3) is 3.78. The molecule has 1 heterocycles. The fourth-order valence-corrected chi connectivity index (χ4v) is 2.00. The quantitative estimate of drug-likeness (QED) is 0.567. The molecule has 18 heavy (non-hydrogen) atoms. The van der Waals surface area contributed by atoms with Crippen molar-refractivity contribution in [1.29, 1.82) is 0 Å². The van der Waals surface area contributed by atoms with Crippen LogP contribution in [0.3, 0.4) is 0 Å². The van der Waals surface area contributed by atoms with Gasteiger partial charge in [-0.2, -0.15) is 0 Å². The molecule has 2 fully saturated rings. The van der Waals surface area contributed by atoms with Crippen molar-refractivity contribution >= 4 is 11.9 Å². The largest absolute Gasteiger partial charge is 0.396 e. The Morgan fingerprint density at radius 2 is 1.44 bits per heavy atom. The van der Waals surface area contributed by atoms with Crippen LogP contribution in [0.5, 0.6) is 0 Å². The number of carbonyl (C=O) groups excluding carboxylic acids is 2. The lowest BCUT2D eigenvalue weighted by atomic mass is 9.81. The maximum Gasteiger partial charge on any atom is 0.317 e. The standard InChI is InChI=1S/C8H10O3.C5H12O2/c9-7-5-3-1-2-4-6(5)8(10)11-7;1-5(2,3-6)4-7/h5-6H,1-4H2;6-7H,3-4H2,1-2H3. The van der Waals surface area contributed by atoms with Crippen molar-refractivity contribution in [3.63, 3.8) is 0 Å². The van der Waals surface area contributed by atoms with Crippen molar-refractivity contribution in [3.8, 4) is 0 Å². The van der Waals surface area contributed by atoms with Crippen molar-refractivity contribution in [2.45, 2.75) is 39.5 Å². The molecule has 0 spiro atoms. The van der Waals surface area contributed by atoms with Gasteiger partial charge in [-0.3, -0.25) is 9.59 Å². The lowest BCUT2D eigenvalue weighted by Gasteiger charge is -2.18. The Hall–Kier alpha value is -0.940. The van der Waals surface area contributed by atoms with Gasteiger partial charge in [-0.15, -0.1) is 0 Å². The second-order valence-electron chi connectivity index (χ2n) is 5.72. The molecule has 0 amide bonds. The van der Waals surface area contributed by atoms with Crippen LogP contribution in [-0.2, 0) is 14.3 Å². The summed E-state index contributed by atoms with van der Waals surface area (Å²) in [5.41, 5.74) is -0.306. The highest BCUT2D eigenvalue weighted by atomic mass is 16.6. The minimum Gasteiger partial charge on any atom is -0.396 e. The molecule has 0 aromatic carbocycles. The van der Waals surface area contributed by atoms with Gasteiger partial charge in [-0.05, 0) is 12.8 Å². The third-order valence-corrected chi connectivity index (χ3v) is 3.43. The number of hydrogen-bond acceptors (Lipinski definition) is 5. The Morgan fingerprint density at radius 3 is 1.72 bits per heavy atom. The van der Waals surface area contributed by atoms with E-state index in [1.54, 1.807) is 13.8 Å². The van der Waals surface area contributed by atoms with Gasteiger partial charge in [0.1, 0.15) is 0 Å². The first-order valence-corrected chi connectivity index (χ1v) is 6.38. The van der Waals surface area contributed by atoms with Gasteiger partial charge >= 0.3 is 11.9 Å². The molecule has 2 unspecified atom stereocenters. The molecule has 1 saturated heterocycles. The number of fused-ring (bicyclic) bond motifs is 1. The molecule has 0 aromatic heterocycles. The van der Waals surface area contributed by atoms with Gasteiger partial charge in [-0.1, -0.05) is 26.7 Å². The van der Waals surface area contributed by atoms with Crippen LogP contribution in [0.1, 0.15) is 39.5 Å². The van der Waals surface area contributed by atoms with Crippen LogP contribution in [0.4, 0.5) is 0 Å². The molecular formula is C13H22O5. The molecule has 5 heteroatoms. The number of aliphatic hydroxyl groups excluding tert-OH is 2. The molecule has 0 bridgehead atoms. The van der Waals surface area contributed by atoms with Gasteiger partial charge in [0.15, 0.2) is 0 Å². The van der Waals surface area contributed by atoms with E-state index in [2.05, 4.69) is 4.74 Å². The van der Waals surface area contributed by atoms with E-state index in [4.69, 9.17) is 10.2 Å². The van der Waals surface area contributed by atoms with Crippen molar-refractivity contribution < 1.29 is 24.5 Å². The summed E-state index contributed by atoms with van der Waals surface area (Å²) < 4.78 is 4.53. The lowest BCUT2D eigenvalue weighted by molar-refractivity contribution is -0.153. The zero-order valence-electron chi connectivity index (χ0n) is 11.0. The molecule has 2 atom stereocenters. The van der Waals surface area contributed by atoms with E-state index in [9.17, 15) is 9.59 Å². The normalized spacial score (nSPS) is 27.1. The number of carbonyl (C=O) groups is 2. The van der Waals surface area contributed by atoms with E-state index in [-0.39, 0.29) is 42.4 Å². The SMILES string of the molecule is CC(C)(CO)CO.O=C1OC(=O)C2CCCCC12. The lowest BCUT2D eigenvalue weighted by Crippen LogP contribution is -2.21. The first kappa shape index (κ1) is 15.1. The second kappa shape index (κ2) is 6.29. The van der Waals surface area contributed by atoms with E-state index in [0.29, 0.717) is 0 Å². The van der Waals surface area contributed by atoms with E-state index < -0.39 is 0 Å². The molecule has 0 radical (unpaired) electrons. The number of aliphatic hydroxyl groups is 2. The Morgan fingerprint density at radius 1 is 1.06 bits per heavy atom. The van der Waals surface area contributed by atoms with Crippen molar-refractivity contribution in [3.05, 3.63) is 0 Å². The van der Waals surface area contributed by atoms with Crippen molar-refractivity contribution in [2.24, 2.45) is 17.3 Å². The van der Waals surface area contributed by atoms with Crippen LogP contribution >= 0.6 is 0 Å². The van der Waals surface area contributed by atoms with Crippen molar-refractivity contribution in [2.75, 3.05) is 13.2 Å². The summed E-state index contributed by atoms with van der Waals surface area (Å²) in [6, 6.07) is 0. The highest BCUT2D eigenvalue weighted by Gasteiger charge is 2.44. The zero-order valence-corrected chi connectivity index (χ0v) is 11.0.